The van der Waals surface area contributed by atoms with Gasteiger partial charge in [-0.3, -0.25) is 9.59 Å². The minimum absolute atomic E-state index is 0.0181. The van der Waals surface area contributed by atoms with Gasteiger partial charge in [0.1, 0.15) is 0 Å². The predicted molar refractivity (Wildman–Crippen MR) is 73.2 cm³/mol. The standard InChI is InChI=1S/C16H20O3/c1-2-11-7-3-4-8-12(11)15(17)13-9-5-6-10-14(13)16(18)19/h3-4,7-8,13-14H,2,5-6,9-10H2,1H3,(H,18,19)/t13-,14-/m1/s1. The third kappa shape index (κ3) is 2.86. The summed E-state index contributed by atoms with van der Waals surface area (Å²) in [6.45, 7) is 2.02. The van der Waals surface area contributed by atoms with Crippen LogP contribution in [0.25, 0.3) is 0 Å². The molecule has 19 heavy (non-hydrogen) atoms. The van der Waals surface area contributed by atoms with Crippen LogP contribution in [-0.2, 0) is 11.2 Å². The van der Waals surface area contributed by atoms with Crippen LogP contribution in [0, 0.1) is 11.8 Å². The SMILES string of the molecule is CCc1ccccc1C(=O)[C@@H]1CCCC[C@H]1C(=O)O. The Bertz CT molecular complexity index is 479. The minimum Gasteiger partial charge on any atom is -0.481 e. The van der Waals surface area contributed by atoms with Crippen molar-refractivity contribution in [1.82, 2.24) is 0 Å². The molecule has 0 aliphatic heterocycles. The number of carbonyl (C=O) groups excluding carboxylic acids is 1. The summed E-state index contributed by atoms with van der Waals surface area (Å²) in [5.41, 5.74) is 1.73. The number of carboxylic acid groups (broad SMARTS) is 1. The van der Waals surface area contributed by atoms with Crippen LogP contribution >= 0.6 is 0 Å². The second-order valence-corrected chi connectivity index (χ2v) is 5.21. The molecule has 3 heteroatoms. The van der Waals surface area contributed by atoms with Crippen molar-refractivity contribution >= 4 is 11.8 Å². The molecule has 1 N–H and O–H groups in total. The van der Waals surface area contributed by atoms with E-state index in [0.29, 0.717) is 18.4 Å². The Hall–Kier alpha value is -1.64. The van der Waals surface area contributed by atoms with Gasteiger partial charge in [0.25, 0.3) is 0 Å². The second kappa shape index (κ2) is 6.00. The number of aliphatic carboxylic acids is 1. The van der Waals surface area contributed by atoms with E-state index in [2.05, 4.69) is 0 Å². The van der Waals surface area contributed by atoms with E-state index in [4.69, 9.17) is 0 Å². The Morgan fingerprint density at radius 3 is 2.42 bits per heavy atom. The molecule has 1 fully saturated rings. The fourth-order valence-electron chi connectivity index (χ4n) is 3.01. The zero-order valence-corrected chi connectivity index (χ0v) is 11.3. The van der Waals surface area contributed by atoms with E-state index in [-0.39, 0.29) is 11.7 Å². The average molecular weight is 260 g/mol. The van der Waals surface area contributed by atoms with Crippen molar-refractivity contribution in [2.24, 2.45) is 11.8 Å². The third-order valence-electron chi connectivity index (χ3n) is 4.08. The summed E-state index contributed by atoms with van der Waals surface area (Å²) in [6, 6.07) is 7.55. The smallest absolute Gasteiger partial charge is 0.307 e. The number of carbonyl (C=O) groups is 2. The van der Waals surface area contributed by atoms with E-state index < -0.39 is 11.9 Å². The van der Waals surface area contributed by atoms with E-state index >= 15 is 0 Å². The van der Waals surface area contributed by atoms with E-state index in [1.807, 2.05) is 31.2 Å². The molecule has 0 bridgehead atoms. The highest BCUT2D eigenvalue weighted by molar-refractivity contribution is 6.01. The van der Waals surface area contributed by atoms with E-state index in [1.54, 1.807) is 0 Å². The van der Waals surface area contributed by atoms with Gasteiger partial charge in [-0.25, -0.2) is 0 Å². The zero-order valence-electron chi connectivity index (χ0n) is 11.3. The number of benzene rings is 1. The molecule has 1 aromatic carbocycles. The fraction of sp³-hybridized carbons (Fsp3) is 0.500. The molecule has 2 atom stereocenters. The lowest BCUT2D eigenvalue weighted by Crippen LogP contribution is -2.33. The Kier molecular flexibility index (Phi) is 4.35. The minimum atomic E-state index is -0.827. The molecule has 1 aromatic rings. The quantitative estimate of drug-likeness (QED) is 0.845. The molecule has 1 saturated carbocycles. The first-order chi connectivity index (χ1) is 9.15. The molecule has 1 aliphatic carbocycles. The summed E-state index contributed by atoms with van der Waals surface area (Å²) in [5.74, 6) is -1.67. The summed E-state index contributed by atoms with van der Waals surface area (Å²) >= 11 is 0. The summed E-state index contributed by atoms with van der Waals surface area (Å²) in [7, 11) is 0. The molecule has 0 saturated heterocycles. The van der Waals surface area contributed by atoms with Crippen LogP contribution in [0.2, 0.25) is 0 Å². The van der Waals surface area contributed by atoms with Gasteiger partial charge in [0.2, 0.25) is 0 Å². The third-order valence-corrected chi connectivity index (χ3v) is 4.08. The van der Waals surface area contributed by atoms with Gasteiger partial charge in [-0.1, -0.05) is 44.0 Å². The van der Waals surface area contributed by atoms with Crippen molar-refractivity contribution < 1.29 is 14.7 Å². The van der Waals surface area contributed by atoms with Gasteiger partial charge in [0, 0.05) is 11.5 Å². The van der Waals surface area contributed by atoms with Gasteiger partial charge >= 0.3 is 5.97 Å². The Morgan fingerprint density at radius 1 is 1.16 bits per heavy atom. The normalized spacial score (nSPS) is 23.0. The largest absolute Gasteiger partial charge is 0.481 e. The maximum Gasteiger partial charge on any atom is 0.307 e. The van der Waals surface area contributed by atoms with Crippen LogP contribution in [0.4, 0.5) is 0 Å². The first-order valence-electron chi connectivity index (χ1n) is 7.00. The topological polar surface area (TPSA) is 54.4 Å². The fourth-order valence-corrected chi connectivity index (χ4v) is 3.01. The van der Waals surface area contributed by atoms with Crippen molar-refractivity contribution in [1.29, 1.82) is 0 Å². The van der Waals surface area contributed by atoms with Crippen molar-refractivity contribution in [3.63, 3.8) is 0 Å². The molecule has 102 valence electrons. The zero-order chi connectivity index (χ0) is 13.8. The van der Waals surface area contributed by atoms with Crippen LogP contribution in [0.3, 0.4) is 0 Å². The first kappa shape index (κ1) is 13.8. The van der Waals surface area contributed by atoms with E-state index in [0.717, 1.165) is 24.8 Å². The molecule has 0 amide bonds. The van der Waals surface area contributed by atoms with Crippen LogP contribution < -0.4 is 0 Å². The molecular weight excluding hydrogens is 240 g/mol. The maximum atomic E-state index is 12.6. The highest BCUT2D eigenvalue weighted by Gasteiger charge is 2.36. The Labute approximate surface area is 113 Å². The number of hydrogen-bond acceptors (Lipinski definition) is 2. The highest BCUT2D eigenvalue weighted by Crippen LogP contribution is 2.33. The molecule has 0 unspecified atom stereocenters. The molecule has 3 nitrogen and oxygen atoms in total. The first-order valence-corrected chi connectivity index (χ1v) is 7.00. The number of Topliss-reactive ketones (excluding diaryl/α,β-unsaturated/α-hetero) is 1. The average Bonchev–Trinajstić information content (AvgIpc) is 2.46. The molecule has 0 radical (unpaired) electrons. The highest BCUT2D eigenvalue weighted by atomic mass is 16.4. The number of carboxylic acids is 1. The Morgan fingerprint density at radius 2 is 1.79 bits per heavy atom. The summed E-state index contributed by atoms with van der Waals surface area (Å²) in [4.78, 5) is 23.9. The van der Waals surface area contributed by atoms with Crippen molar-refractivity contribution in [3.05, 3.63) is 35.4 Å². The lowest BCUT2D eigenvalue weighted by atomic mass is 9.75. The molecule has 0 spiro atoms. The van der Waals surface area contributed by atoms with Crippen molar-refractivity contribution in [2.45, 2.75) is 39.0 Å². The predicted octanol–water partition coefficient (Wildman–Crippen LogP) is 3.32. The molecular formula is C16H20O3. The number of aryl methyl sites for hydroxylation is 1. The molecule has 2 rings (SSSR count). The maximum absolute atomic E-state index is 12.6. The second-order valence-electron chi connectivity index (χ2n) is 5.21. The van der Waals surface area contributed by atoms with Crippen LogP contribution in [-0.4, -0.2) is 16.9 Å². The molecule has 0 heterocycles. The van der Waals surface area contributed by atoms with Gasteiger partial charge < -0.3 is 5.11 Å². The lowest BCUT2D eigenvalue weighted by molar-refractivity contribution is -0.144. The number of rotatable bonds is 4. The van der Waals surface area contributed by atoms with Gasteiger partial charge in [-0.15, -0.1) is 0 Å². The number of ketones is 1. The van der Waals surface area contributed by atoms with Crippen LogP contribution in [0.1, 0.15) is 48.5 Å². The van der Waals surface area contributed by atoms with Crippen LogP contribution in [0.15, 0.2) is 24.3 Å². The van der Waals surface area contributed by atoms with E-state index in [9.17, 15) is 14.7 Å². The van der Waals surface area contributed by atoms with Gasteiger partial charge in [0.15, 0.2) is 5.78 Å². The van der Waals surface area contributed by atoms with Gasteiger partial charge in [0.05, 0.1) is 5.92 Å². The molecule has 1 aliphatic rings. The summed E-state index contributed by atoms with van der Waals surface area (Å²) < 4.78 is 0. The summed E-state index contributed by atoms with van der Waals surface area (Å²) in [5, 5.41) is 9.28. The molecule has 0 aromatic heterocycles. The van der Waals surface area contributed by atoms with Crippen molar-refractivity contribution in [2.75, 3.05) is 0 Å². The van der Waals surface area contributed by atoms with Crippen molar-refractivity contribution in [3.8, 4) is 0 Å². The lowest BCUT2D eigenvalue weighted by Gasteiger charge is -2.27. The monoisotopic (exact) mass is 260 g/mol. The van der Waals surface area contributed by atoms with Crippen LogP contribution in [0.5, 0.6) is 0 Å². The van der Waals surface area contributed by atoms with E-state index in [1.165, 1.54) is 0 Å². The van der Waals surface area contributed by atoms with Gasteiger partial charge in [-0.2, -0.15) is 0 Å². The summed E-state index contributed by atoms with van der Waals surface area (Å²) in [6.07, 6.45) is 3.99. The Balaban J connectivity index is 2.29. The van der Waals surface area contributed by atoms with Gasteiger partial charge in [-0.05, 0) is 24.8 Å². The number of hydrogen-bond donors (Lipinski definition) is 1.